The van der Waals surface area contributed by atoms with Gasteiger partial charge in [-0.25, -0.2) is 0 Å². The van der Waals surface area contributed by atoms with Crippen molar-refractivity contribution in [2.75, 3.05) is 0 Å². The maximum absolute atomic E-state index is 6.74. The van der Waals surface area contributed by atoms with E-state index in [4.69, 9.17) is 11.1 Å². The number of benzene rings is 1. The molecule has 0 spiro atoms. The molecular formula is C15H12Cl3SiTi. The molecule has 0 radical (unpaired) electrons. The molecule has 0 nitrogen and oxygen atoms in total. The Balaban J connectivity index is 0.000000735. The Kier molecular flexibility index (Phi) is 4.53. The van der Waals surface area contributed by atoms with Gasteiger partial charge in [-0.15, -0.1) is 0 Å². The largest absolute Gasteiger partial charge is 1.00 e. The Labute approximate surface area is 149 Å². The van der Waals surface area contributed by atoms with E-state index in [9.17, 15) is 0 Å². The molecule has 0 amide bonds. The van der Waals surface area contributed by atoms with E-state index in [2.05, 4.69) is 63.4 Å². The van der Waals surface area contributed by atoms with Gasteiger partial charge in [0.15, 0.2) is 0 Å². The molecule has 101 valence electrons. The maximum atomic E-state index is 6.74. The SMILES string of the molecule is C[Si]1(Cl)C2=C1[CH]([Ti+2])c1cccc(C3=CC=CC3)c12.[Cl-].[Cl-]. The molecule has 1 aromatic rings. The van der Waals surface area contributed by atoms with Gasteiger partial charge in [0, 0.05) is 0 Å². The standard InChI is InChI=1S/C15H12ClSi.2ClH.Ti/c1-17(16)13-9-11-7-4-8-12(14(11)15(13)17)10-5-2-3-6-10;;;/h2-5,7-9H,6H2,1H3;2*1H;/q;;;+2/p-2. The van der Waals surface area contributed by atoms with Crippen LogP contribution in [0.5, 0.6) is 0 Å². The second-order valence-corrected chi connectivity index (χ2v) is 11.5. The third-order valence-corrected chi connectivity index (χ3v) is 9.57. The van der Waals surface area contributed by atoms with Crippen LogP contribution in [0.25, 0.3) is 10.8 Å². The summed E-state index contributed by atoms with van der Waals surface area (Å²) in [4.78, 5) is 0. The molecule has 2 atom stereocenters. The fourth-order valence-electron chi connectivity index (χ4n) is 3.32. The average molecular weight is 375 g/mol. The zero-order valence-corrected chi connectivity index (χ0v) is 15.7. The summed E-state index contributed by atoms with van der Waals surface area (Å²) in [6.07, 6.45) is 7.70. The van der Waals surface area contributed by atoms with Crippen LogP contribution in [0.15, 0.2) is 41.6 Å². The molecule has 1 aliphatic heterocycles. The van der Waals surface area contributed by atoms with Gasteiger partial charge in [0.1, 0.15) is 0 Å². The first-order chi connectivity index (χ1) is 8.62. The third kappa shape index (κ3) is 2.07. The first-order valence-electron chi connectivity index (χ1n) is 6.27. The normalized spacial score (nSPS) is 28.4. The van der Waals surface area contributed by atoms with E-state index in [1.165, 1.54) is 27.5 Å². The van der Waals surface area contributed by atoms with E-state index in [-0.39, 0.29) is 24.8 Å². The summed E-state index contributed by atoms with van der Waals surface area (Å²) in [6.45, 7) is 2.27. The fraction of sp³-hybridized carbons (Fsp3) is 0.200. The minimum Gasteiger partial charge on any atom is -1.00 e. The summed E-state index contributed by atoms with van der Waals surface area (Å²) in [5.41, 5.74) is 5.85. The first-order valence-corrected chi connectivity index (χ1v) is 10.7. The van der Waals surface area contributed by atoms with E-state index >= 15 is 0 Å². The number of halogens is 3. The van der Waals surface area contributed by atoms with E-state index in [1.807, 2.05) is 0 Å². The smallest absolute Gasteiger partial charge is 1.00 e. The van der Waals surface area contributed by atoms with Gasteiger partial charge in [0.05, 0.1) is 0 Å². The van der Waals surface area contributed by atoms with Crippen LogP contribution in [0.1, 0.15) is 27.3 Å². The Hall–Kier alpha value is 0.241. The van der Waals surface area contributed by atoms with Crippen molar-refractivity contribution in [2.24, 2.45) is 0 Å². The molecule has 4 rings (SSSR count). The minimum atomic E-state index is -1.65. The Bertz CT molecular complexity index is 674. The van der Waals surface area contributed by atoms with Crippen molar-refractivity contribution in [2.45, 2.75) is 17.2 Å². The van der Waals surface area contributed by atoms with Crippen LogP contribution in [0.4, 0.5) is 0 Å². The van der Waals surface area contributed by atoms with E-state index < -0.39 is 7.38 Å². The molecule has 1 heterocycles. The van der Waals surface area contributed by atoms with E-state index in [0.717, 1.165) is 6.42 Å². The zero-order chi connectivity index (χ0) is 12.5. The van der Waals surface area contributed by atoms with Gasteiger partial charge in [-0.3, -0.25) is 0 Å². The molecular weight excluding hydrogens is 362 g/mol. The van der Waals surface area contributed by atoms with Crippen LogP contribution in [-0.4, -0.2) is 7.38 Å². The quantitative estimate of drug-likeness (QED) is 0.406. The summed E-state index contributed by atoms with van der Waals surface area (Å²) in [7, 11) is -1.65. The monoisotopic (exact) mass is 373 g/mol. The molecule has 1 aromatic carbocycles. The predicted octanol–water partition coefficient (Wildman–Crippen LogP) is -1.70. The van der Waals surface area contributed by atoms with Gasteiger partial charge in [0.2, 0.25) is 0 Å². The summed E-state index contributed by atoms with van der Waals surface area (Å²) in [5, 5.41) is 3.12. The fourth-order valence-corrected chi connectivity index (χ4v) is 10.3. The topological polar surface area (TPSA) is 0 Å². The summed E-state index contributed by atoms with van der Waals surface area (Å²) in [5.74, 6) is 0. The molecule has 0 saturated heterocycles. The molecule has 20 heavy (non-hydrogen) atoms. The molecule has 0 fully saturated rings. The molecule has 0 aromatic heterocycles. The van der Waals surface area contributed by atoms with Crippen LogP contribution in [0.2, 0.25) is 6.55 Å². The van der Waals surface area contributed by atoms with Crippen molar-refractivity contribution in [1.29, 1.82) is 0 Å². The molecule has 2 unspecified atom stereocenters. The van der Waals surface area contributed by atoms with Crippen molar-refractivity contribution < 1.29 is 45.2 Å². The Morgan fingerprint density at radius 3 is 2.70 bits per heavy atom. The maximum Gasteiger partial charge on any atom is -1.00 e. The van der Waals surface area contributed by atoms with Crippen molar-refractivity contribution in [3.05, 3.63) is 58.3 Å². The van der Waals surface area contributed by atoms with Gasteiger partial charge in [-0.05, 0) is 0 Å². The van der Waals surface area contributed by atoms with E-state index in [1.54, 1.807) is 5.20 Å². The number of hydrogen-bond acceptors (Lipinski definition) is 0. The number of allylic oxidation sites excluding steroid dienone is 5. The Morgan fingerprint density at radius 2 is 2.05 bits per heavy atom. The van der Waals surface area contributed by atoms with Crippen LogP contribution in [-0.2, 0) is 20.4 Å². The Morgan fingerprint density at radius 1 is 1.30 bits per heavy atom. The molecule has 0 bridgehead atoms. The van der Waals surface area contributed by atoms with Gasteiger partial charge >= 0.3 is 125 Å². The minimum absolute atomic E-state index is 0. The van der Waals surface area contributed by atoms with Crippen LogP contribution in [0.3, 0.4) is 0 Å². The predicted molar refractivity (Wildman–Crippen MR) is 75.3 cm³/mol. The molecule has 5 heteroatoms. The van der Waals surface area contributed by atoms with Crippen LogP contribution >= 0.6 is 11.1 Å². The number of hydrogen-bond donors (Lipinski definition) is 0. The third-order valence-electron chi connectivity index (χ3n) is 4.25. The number of rotatable bonds is 1. The average Bonchev–Trinajstić information content (AvgIpc) is 2.79. The number of fused-ring (bicyclic) bond motifs is 2. The summed E-state index contributed by atoms with van der Waals surface area (Å²) in [6, 6.07) is 6.74. The first kappa shape index (κ1) is 16.6. The van der Waals surface area contributed by atoms with Crippen molar-refractivity contribution in [3.63, 3.8) is 0 Å². The molecule has 0 N–H and O–H groups in total. The van der Waals surface area contributed by atoms with Crippen LogP contribution < -0.4 is 24.8 Å². The van der Waals surface area contributed by atoms with Gasteiger partial charge < -0.3 is 24.8 Å². The molecule has 0 saturated carbocycles. The van der Waals surface area contributed by atoms with Gasteiger partial charge in [-0.2, -0.15) is 0 Å². The molecule has 2 aliphatic carbocycles. The van der Waals surface area contributed by atoms with Gasteiger partial charge in [-0.1, -0.05) is 0 Å². The van der Waals surface area contributed by atoms with Gasteiger partial charge in [0.25, 0.3) is 0 Å². The second kappa shape index (κ2) is 5.46. The van der Waals surface area contributed by atoms with Crippen molar-refractivity contribution in [1.82, 2.24) is 0 Å². The van der Waals surface area contributed by atoms with Crippen molar-refractivity contribution >= 4 is 29.2 Å². The second-order valence-electron chi connectivity index (χ2n) is 5.32. The zero-order valence-electron chi connectivity index (χ0n) is 10.9. The van der Waals surface area contributed by atoms with Crippen LogP contribution in [0, 0.1) is 0 Å². The molecule has 3 aliphatic rings. The summed E-state index contributed by atoms with van der Waals surface area (Å²) < 4.78 is 0.555. The summed E-state index contributed by atoms with van der Waals surface area (Å²) >= 11 is 9.05. The van der Waals surface area contributed by atoms with E-state index in [0.29, 0.717) is 4.22 Å². The van der Waals surface area contributed by atoms with Crippen molar-refractivity contribution in [3.8, 4) is 0 Å².